The Labute approximate surface area is 162 Å². The Bertz CT molecular complexity index is 958. The summed E-state index contributed by atoms with van der Waals surface area (Å²) < 4.78 is 0. The van der Waals surface area contributed by atoms with Crippen LogP contribution >= 0.6 is 11.3 Å². The van der Waals surface area contributed by atoms with Gasteiger partial charge >= 0.3 is 0 Å². The Morgan fingerprint density at radius 2 is 1.78 bits per heavy atom. The van der Waals surface area contributed by atoms with E-state index in [4.69, 9.17) is 0 Å². The van der Waals surface area contributed by atoms with Gasteiger partial charge in [-0.15, -0.1) is 10.2 Å². The van der Waals surface area contributed by atoms with Crippen LogP contribution < -0.4 is 14.7 Å². The summed E-state index contributed by atoms with van der Waals surface area (Å²) in [6, 6.07) is 6.48. The van der Waals surface area contributed by atoms with E-state index in [1.807, 2.05) is 19.0 Å². The number of hydrogen-bond acceptors (Lipinski definition) is 8. The van der Waals surface area contributed by atoms with Crippen molar-refractivity contribution < 1.29 is 0 Å². The van der Waals surface area contributed by atoms with Crippen LogP contribution in [0.25, 0.3) is 10.9 Å². The molecular formula is C19H23N7S. The molecule has 0 unspecified atom stereocenters. The van der Waals surface area contributed by atoms with E-state index in [0.29, 0.717) is 5.92 Å². The molecule has 1 saturated carbocycles. The first-order valence-electron chi connectivity index (χ1n) is 9.44. The first-order chi connectivity index (χ1) is 13.2. The van der Waals surface area contributed by atoms with Crippen molar-refractivity contribution in [1.82, 2.24) is 20.2 Å². The summed E-state index contributed by atoms with van der Waals surface area (Å²) in [5.74, 6) is 1.64. The van der Waals surface area contributed by atoms with Crippen LogP contribution in [0.1, 0.15) is 23.8 Å². The number of piperazine rings is 1. The number of aromatic nitrogens is 4. The van der Waals surface area contributed by atoms with Gasteiger partial charge in [-0.3, -0.25) is 0 Å². The smallest absolute Gasteiger partial charge is 0.208 e. The maximum atomic E-state index is 4.44. The number of benzene rings is 1. The van der Waals surface area contributed by atoms with Gasteiger partial charge in [0.2, 0.25) is 5.13 Å². The third-order valence-electron chi connectivity index (χ3n) is 5.29. The van der Waals surface area contributed by atoms with Crippen molar-refractivity contribution in [2.24, 2.45) is 0 Å². The lowest BCUT2D eigenvalue weighted by atomic mass is 10.1. The Morgan fingerprint density at radius 3 is 2.52 bits per heavy atom. The van der Waals surface area contributed by atoms with Crippen molar-refractivity contribution in [3.63, 3.8) is 0 Å². The normalized spacial score (nSPS) is 17.6. The molecule has 8 heteroatoms. The van der Waals surface area contributed by atoms with E-state index in [1.165, 1.54) is 23.5 Å². The van der Waals surface area contributed by atoms with E-state index in [-0.39, 0.29) is 0 Å². The molecule has 0 bridgehead atoms. The fourth-order valence-corrected chi connectivity index (χ4v) is 4.65. The summed E-state index contributed by atoms with van der Waals surface area (Å²) in [5.41, 5.74) is 2.22. The molecule has 2 aromatic heterocycles. The lowest BCUT2D eigenvalue weighted by Gasteiger charge is -2.35. The van der Waals surface area contributed by atoms with Gasteiger partial charge in [0.15, 0.2) is 0 Å². The lowest BCUT2D eigenvalue weighted by molar-refractivity contribution is 0.649. The molecule has 27 heavy (non-hydrogen) atoms. The largest absolute Gasteiger partial charge is 0.368 e. The average molecular weight is 382 g/mol. The Hall–Kier alpha value is -2.48. The molecule has 2 aliphatic rings. The minimum atomic E-state index is 0.684. The molecule has 1 aromatic carbocycles. The van der Waals surface area contributed by atoms with Gasteiger partial charge in [-0.2, -0.15) is 0 Å². The van der Waals surface area contributed by atoms with Crippen LogP contribution in [0, 0.1) is 0 Å². The van der Waals surface area contributed by atoms with E-state index < -0.39 is 0 Å². The van der Waals surface area contributed by atoms with Gasteiger partial charge in [0, 0.05) is 57.3 Å². The molecule has 3 heterocycles. The lowest BCUT2D eigenvalue weighted by Crippen LogP contribution is -2.46. The maximum Gasteiger partial charge on any atom is 0.208 e. The van der Waals surface area contributed by atoms with Gasteiger partial charge in [-0.25, -0.2) is 9.97 Å². The Morgan fingerprint density at radius 1 is 1.00 bits per heavy atom. The van der Waals surface area contributed by atoms with Crippen molar-refractivity contribution in [1.29, 1.82) is 0 Å². The summed E-state index contributed by atoms with van der Waals surface area (Å²) in [6.07, 6.45) is 4.19. The van der Waals surface area contributed by atoms with Gasteiger partial charge in [-0.05, 0) is 31.0 Å². The number of hydrogen-bond donors (Lipinski definition) is 0. The summed E-state index contributed by atoms with van der Waals surface area (Å²) in [6.45, 7) is 3.91. The Kier molecular flexibility index (Phi) is 4.07. The molecule has 0 amide bonds. The molecule has 7 nitrogen and oxygen atoms in total. The van der Waals surface area contributed by atoms with E-state index in [9.17, 15) is 0 Å². The second-order valence-electron chi connectivity index (χ2n) is 7.46. The van der Waals surface area contributed by atoms with Gasteiger partial charge in [0.05, 0.1) is 5.52 Å². The molecule has 1 aliphatic heterocycles. The zero-order chi connectivity index (χ0) is 18.4. The minimum absolute atomic E-state index is 0.684. The fraction of sp³-hybridized carbons (Fsp3) is 0.474. The van der Waals surface area contributed by atoms with E-state index in [0.717, 1.165) is 48.0 Å². The molecule has 5 rings (SSSR count). The van der Waals surface area contributed by atoms with Crippen molar-refractivity contribution in [3.05, 3.63) is 29.5 Å². The summed E-state index contributed by atoms with van der Waals surface area (Å²) in [4.78, 5) is 15.7. The van der Waals surface area contributed by atoms with Crippen LogP contribution in [0.3, 0.4) is 0 Å². The highest BCUT2D eigenvalue weighted by Crippen LogP contribution is 2.42. The minimum Gasteiger partial charge on any atom is -0.368 e. The summed E-state index contributed by atoms with van der Waals surface area (Å²) in [7, 11) is 4.04. The monoisotopic (exact) mass is 381 g/mol. The highest BCUT2D eigenvalue weighted by Gasteiger charge is 2.29. The molecule has 140 valence electrons. The Balaban J connectivity index is 1.33. The van der Waals surface area contributed by atoms with Crippen LogP contribution in [0.15, 0.2) is 24.5 Å². The molecule has 0 spiro atoms. The predicted octanol–water partition coefficient (Wildman–Crippen LogP) is 2.75. The third-order valence-corrected chi connectivity index (χ3v) is 6.44. The molecule has 1 aliphatic carbocycles. The van der Waals surface area contributed by atoms with Crippen molar-refractivity contribution in [2.45, 2.75) is 18.8 Å². The standard InChI is InChI=1S/C19H23N7S/c1-24(2)17-15-11-14(5-6-16(15)20-12-21-17)25-7-9-26(10-8-25)19-23-22-18(27-19)13-3-4-13/h5-6,11-13H,3-4,7-10H2,1-2H3. The molecular weight excluding hydrogens is 358 g/mol. The zero-order valence-corrected chi connectivity index (χ0v) is 16.5. The number of nitrogens with zero attached hydrogens (tertiary/aromatic N) is 7. The predicted molar refractivity (Wildman–Crippen MR) is 110 cm³/mol. The fourth-order valence-electron chi connectivity index (χ4n) is 3.59. The molecule has 0 radical (unpaired) electrons. The summed E-state index contributed by atoms with van der Waals surface area (Å²) in [5, 5.41) is 12.2. The van der Waals surface area contributed by atoms with Crippen molar-refractivity contribution in [3.8, 4) is 0 Å². The second kappa shape index (κ2) is 6.60. The van der Waals surface area contributed by atoms with Crippen LogP contribution in [0.2, 0.25) is 0 Å². The van der Waals surface area contributed by atoms with E-state index >= 15 is 0 Å². The van der Waals surface area contributed by atoms with Crippen LogP contribution in [0.4, 0.5) is 16.6 Å². The van der Waals surface area contributed by atoms with Crippen molar-refractivity contribution >= 4 is 38.9 Å². The van der Waals surface area contributed by atoms with Crippen molar-refractivity contribution in [2.75, 3.05) is 55.0 Å². The first kappa shape index (κ1) is 16.7. The quantitative estimate of drug-likeness (QED) is 0.689. The third kappa shape index (κ3) is 3.18. The van der Waals surface area contributed by atoms with E-state index in [2.05, 4.69) is 48.2 Å². The SMILES string of the molecule is CN(C)c1ncnc2ccc(N3CCN(c4nnc(C5CC5)s4)CC3)cc12. The number of rotatable bonds is 4. The molecule has 1 saturated heterocycles. The zero-order valence-electron chi connectivity index (χ0n) is 15.7. The van der Waals surface area contributed by atoms with E-state index in [1.54, 1.807) is 17.7 Å². The molecule has 0 N–H and O–H groups in total. The topological polar surface area (TPSA) is 61.3 Å². The van der Waals surface area contributed by atoms with Gasteiger partial charge in [0.25, 0.3) is 0 Å². The van der Waals surface area contributed by atoms with Crippen LogP contribution in [0.5, 0.6) is 0 Å². The number of fused-ring (bicyclic) bond motifs is 1. The van der Waals surface area contributed by atoms with Crippen LogP contribution in [-0.2, 0) is 0 Å². The maximum absolute atomic E-state index is 4.44. The number of anilines is 3. The van der Waals surface area contributed by atoms with Crippen LogP contribution in [-0.4, -0.2) is 60.4 Å². The molecule has 3 aromatic rings. The summed E-state index contributed by atoms with van der Waals surface area (Å²) >= 11 is 1.78. The average Bonchev–Trinajstić information content (AvgIpc) is 3.44. The molecule has 0 atom stereocenters. The van der Waals surface area contributed by atoms with Gasteiger partial charge < -0.3 is 14.7 Å². The highest BCUT2D eigenvalue weighted by atomic mass is 32.1. The van der Waals surface area contributed by atoms with Gasteiger partial charge in [-0.1, -0.05) is 11.3 Å². The second-order valence-corrected chi connectivity index (χ2v) is 8.45. The van der Waals surface area contributed by atoms with Gasteiger partial charge in [0.1, 0.15) is 17.2 Å². The molecule has 2 fully saturated rings. The highest BCUT2D eigenvalue weighted by molar-refractivity contribution is 7.15. The first-order valence-corrected chi connectivity index (χ1v) is 10.3.